The van der Waals surface area contributed by atoms with Crippen molar-refractivity contribution in [2.75, 3.05) is 39.1 Å². The number of carbonyl (C=O) groups is 1. The molecule has 29 heavy (non-hydrogen) atoms. The molecule has 0 unspecified atom stereocenters. The highest BCUT2D eigenvalue weighted by Crippen LogP contribution is 2.15. The van der Waals surface area contributed by atoms with Crippen molar-refractivity contribution in [1.82, 2.24) is 10.2 Å². The Morgan fingerprint density at radius 2 is 1.79 bits per heavy atom. The van der Waals surface area contributed by atoms with Gasteiger partial charge in [0.05, 0.1) is 6.54 Å². The number of amides is 1. The Bertz CT molecular complexity index is 782. The van der Waals surface area contributed by atoms with Crippen molar-refractivity contribution in [3.63, 3.8) is 0 Å². The number of guanidine groups is 1. The van der Waals surface area contributed by atoms with Crippen molar-refractivity contribution in [3.8, 4) is 5.75 Å². The molecule has 1 amide bonds. The van der Waals surface area contributed by atoms with Gasteiger partial charge in [-0.25, -0.2) is 0 Å². The largest absolute Gasteiger partial charge is 0.492 e. The van der Waals surface area contributed by atoms with Gasteiger partial charge in [0.25, 0.3) is 0 Å². The third-order valence-corrected chi connectivity index (χ3v) is 4.31. The molecule has 6 nitrogen and oxygen atoms in total. The average molecular weight is 531 g/mol. The van der Waals surface area contributed by atoms with E-state index in [2.05, 4.69) is 15.6 Å². The normalized spacial score (nSPS) is 10.7. The van der Waals surface area contributed by atoms with Gasteiger partial charge in [-0.1, -0.05) is 23.7 Å². The van der Waals surface area contributed by atoms with Crippen molar-refractivity contribution in [1.29, 1.82) is 0 Å². The summed E-state index contributed by atoms with van der Waals surface area (Å²) in [6, 6.07) is 15.2. The Labute approximate surface area is 194 Å². The van der Waals surface area contributed by atoms with Gasteiger partial charge in [-0.3, -0.25) is 9.79 Å². The second-order valence-electron chi connectivity index (χ2n) is 6.33. The van der Waals surface area contributed by atoms with Gasteiger partial charge in [-0.05, 0) is 48.4 Å². The Kier molecular flexibility index (Phi) is 11.5. The van der Waals surface area contributed by atoms with Crippen LogP contribution in [-0.2, 0) is 11.2 Å². The zero-order valence-electron chi connectivity index (χ0n) is 16.9. The average Bonchev–Trinajstić information content (AvgIpc) is 2.67. The lowest BCUT2D eigenvalue weighted by molar-refractivity contribution is -0.114. The predicted octanol–water partition coefficient (Wildman–Crippen LogP) is 4.05. The molecule has 0 aromatic heterocycles. The lowest BCUT2D eigenvalue weighted by Crippen LogP contribution is -2.41. The van der Waals surface area contributed by atoms with E-state index in [9.17, 15) is 4.79 Å². The third-order valence-electron chi connectivity index (χ3n) is 4.05. The number of nitrogens with one attached hydrogen (secondary N) is 2. The lowest BCUT2D eigenvalue weighted by Gasteiger charge is -2.22. The highest BCUT2D eigenvalue weighted by atomic mass is 127. The van der Waals surface area contributed by atoms with Crippen LogP contribution in [0.3, 0.4) is 0 Å². The number of hydrogen-bond acceptors (Lipinski definition) is 3. The van der Waals surface area contributed by atoms with Crippen LogP contribution in [0.4, 0.5) is 5.69 Å². The number of rotatable bonds is 8. The highest BCUT2D eigenvalue weighted by Gasteiger charge is 2.06. The molecular weight excluding hydrogens is 503 g/mol. The van der Waals surface area contributed by atoms with Gasteiger partial charge in [-0.15, -0.1) is 24.0 Å². The highest BCUT2D eigenvalue weighted by molar-refractivity contribution is 14.0. The monoisotopic (exact) mass is 530 g/mol. The van der Waals surface area contributed by atoms with Crippen LogP contribution < -0.4 is 15.4 Å². The minimum absolute atomic E-state index is 0. The molecule has 0 fully saturated rings. The van der Waals surface area contributed by atoms with Crippen molar-refractivity contribution >= 4 is 53.1 Å². The van der Waals surface area contributed by atoms with Crippen molar-refractivity contribution in [2.24, 2.45) is 4.99 Å². The molecule has 0 bridgehead atoms. The van der Waals surface area contributed by atoms with E-state index in [1.165, 1.54) is 12.5 Å². The summed E-state index contributed by atoms with van der Waals surface area (Å²) in [6.07, 6.45) is 0.856. The standard InChI is InChI=1S/C21H27ClN4O2.HI/c1-16(27)25-19-8-4-17(5-9-19)12-13-24-21(23-2)26(3)14-15-28-20-10-6-18(22)7-11-20;/h4-11H,12-15H2,1-3H3,(H,23,24)(H,25,27);1H. The fourth-order valence-corrected chi connectivity index (χ4v) is 2.72. The quantitative estimate of drug-likeness (QED) is 0.307. The number of carbonyl (C=O) groups excluding carboxylic acids is 1. The summed E-state index contributed by atoms with van der Waals surface area (Å²) in [5.74, 6) is 1.54. The van der Waals surface area contributed by atoms with Crippen LogP contribution in [0.1, 0.15) is 12.5 Å². The van der Waals surface area contributed by atoms with E-state index >= 15 is 0 Å². The molecule has 0 heterocycles. The Hall–Kier alpha value is -2.00. The molecule has 158 valence electrons. The first-order valence-corrected chi connectivity index (χ1v) is 9.52. The second kappa shape index (κ2) is 13.3. The summed E-state index contributed by atoms with van der Waals surface area (Å²) in [7, 11) is 3.74. The van der Waals surface area contributed by atoms with Crippen LogP contribution in [0, 0.1) is 0 Å². The first-order chi connectivity index (χ1) is 13.5. The van der Waals surface area contributed by atoms with E-state index in [1.807, 2.05) is 60.5 Å². The number of anilines is 1. The van der Waals surface area contributed by atoms with E-state index in [4.69, 9.17) is 16.3 Å². The van der Waals surface area contributed by atoms with E-state index in [0.717, 1.165) is 30.4 Å². The molecule has 0 atom stereocenters. The first-order valence-electron chi connectivity index (χ1n) is 9.14. The molecule has 0 saturated carbocycles. The van der Waals surface area contributed by atoms with Crippen LogP contribution in [0.25, 0.3) is 0 Å². The van der Waals surface area contributed by atoms with Crippen molar-refractivity contribution in [3.05, 3.63) is 59.1 Å². The molecule has 2 aromatic carbocycles. The number of benzene rings is 2. The summed E-state index contributed by atoms with van der Waals surface area (Å²) in [5, 5.41) is 6.81. The van der Waals surface area contributed by atoms with E-state index in [1.54, 1.807) is 7.05 Å². The smallest absolute Gasteiger partial charge is 0.221 e. The number of likely N-dealkylation sites (N-methyl/N-ethyl adjacent to an activating group) is 1. The zero-order valence-corrected chi connectivity index (χ0v) is 20.0. The zero-order chi connectivity index (χ0) is 20.4. The molecule has 0 aliphatic heterocycles. The maximum atomic E-state index is 11.1. The number of aliphatic imine (C=N–C) groups is 1. The minimum atomic E-state index is -0.0682. The topological polar surface area (TPSA) is 66.0 Å². The maximum absolute atomic E-state index is 11.1. The van der Waals surface area contributed by atoms with Gasteiger partial charge in [0, 0.05) is 38.3 Å². The first kappa shape index (κ1) is 25.0. The number of ether oxygens (including phenoxy) is 1. The van der Waals surface area contributed by atoms with Gasteiger partial charge >= 0.3 is 0 Å². The summed E-state index contributed by atoms with van der Waals surface area (Å²) in [6.45, 7) is 3.51. The van der Waals surface area contributed by atoms with Gasteiger partial charge in [0.15, 0.2) is 5.96 Å². The van der Waals surface area contributed by atoms with Crippen LogP contribution in [0.2, 0.25) is 5.02 Å². The van der Waals surface area contributed by atoms with E-state index in [0.29, 0.717) is 18.2 Å². The molecule has 2 N–H and O–H groups in total. The number of halogens is 2. The number of hydrogen-bond donors (Lipinski definition) is 2. The molecule has 2 rings (SSSR count). The predicted molar refractivity (Wildman–Crippen MR) is 131 cm³/mol. The van der Waals surface area contributed by atoms with Crippen LogP contribution in [-0.4, -0.2) is 50.6 Å². The Morgan fingerprint density at radius 3 is 2.38 bits per heavy atom. The summed E-state index contributed by atoms with van der Waals surface area (Å²) in [4.78, 5) is 17.4. The summed E-state index contributed by atoms with van der Waals surface area (Å²) < 4.78 is 5.73. The Balaban J connectivity index is 0.00000420. The third kappa shape index (κ3) is 9.36. The van der Waals surface area contributed by atoms with Gasteiger partial charge < -0.3 is 20.3 Å². The molecular formula is C21H28ClIN4O2. The van der Waals surface area contributed by atoms with Crippen LogP contribution in [0.5, 0.6) is 5.75 Å². The van der Waals surface area contributed by atoms with Crippen molar-refractivity contribution < 1.29 is 9.53 Å². The lowest BCUT2D eigenvalue weighted by atomic mass is 10.1. The fraction of sp³-hybridized carbons (Fsp3) is 0.333. The fourth-order valence-electron chi connectivity index (χ4n) is 2.60. The van der Waals surface area contributed by atoms with E-state index < -0.39 is 0 Å². The van der Waals surface area contributed by atoms with Gasteiger partial charge in [0.1, 0.15) is 12.4 Å². The molecule has 0 spiro atoms. The molecule has 0 aliphatic carbocycles. The van der Waals surface area contributed by atoms with Gasteiger partial charge in [0.2, 0.25) is 5.91 Å². The molecule has 8 heteroatoms. The van der Waals surface area contributed by atoms with Gasteiger partial charge in [-0.2, -0.15) is 0 Å². The summed E-state index contributed by atoms with van der Waals surface area (Å²) >= 11 is 5.87. The molecule has 0 saturated heterocycles. The minimum Gasteiger partial charge on any atom is -0.492 e. The Morgan fingerprint density at radius 1 is 1.14 bits per heavy atom. The number of nitrogens with zero attached hydrogens (tertiary/aromatic N) is 2. The second-order valence-corrected chi connectivity index (χ2v) is 6.76. The SMILES string of the molecule is CN=C(NCCc1ccc(NC(C)=O)cc1)N(C)CCOc1ccc(Cl)cc1.I. The van der Waals surface area contributed by atoms with Crippen molar-refractivity contribution in [2.45, 2.75) is 13.3 Å². The van der Waals surface area contributed by atoms with Crippen LogP contribution in [0.15, 0.2) is 53.5 Å². The molecule has 2 aromatic rings. The maximum Gasteiger partial charge on any atom is 0.221 e. The summed E-state index contributed by atoms with van der Waals surface area (Å²) in [5.41, 5.74) is 1.99. The molecule has 0 aliphatic rings. The molecule has 0 radical (unpaired) electrons. The van der Waals surface area contributed by atoms with Crippen LogP contribution >= 0.6 is 35.6 Å². The van der Waals surface area contributed by atoms with E-state index in [-0.39, 0.29) is 29.9 Å².